The number of carbonyl (C=O) groups is 1. The first-order valence-electron chi connectivity index (χ1n) is 7.43. The molecule has 0 fully saturated rings. The second-order valence-corrected chi connectivity index (χ2v) is 5.28. The molecule has 0 atom stereocenters. The Bertz CT molecular complexity index is 865. The highest BCUT2D eigenvalue weighted by Gasteiger charge is 2.12. The van der Waals surface area contributed by atoms with Crippen molar-refractivity contribution in [1.29, 1.82) is 0 Å². The highest BCUT2D eigenvalue weighted by Crippen LogP contribution is 2.25. The Balaban J connectivity index is 1.73. The molecule has 0 bridgehead atoms. The summed E-state index contributed by atoms with van der Waals surface area (Å²) in [6, 6.07) is 19.7. The van der Waals surface area contributed by atoms with Crippen LogP contribution in [0.15, 0.2) is 66.7 Å². The Morgan fingerprint density at radius 2 is 1.67 bits per heavy atom. The molecule has 24 heavy (non-hydrogen) atoms. The molecule has 3 rings (SSSR count). The molecule has 5 heteroatoms. The molecule has 0 unspecified atom stereocenters. The quantitative estimate of drug-likeness (QED) is 0.742. The zero-order valence-electron chi connectivity index (χ0n) is 12.7. The molecule has 0 aliphatic rings. The highest BCUT2D eigenvalue weighted by molar-refractivity contribution is 5.94. The fourth-order valence-corrected chi connectivity index (χ4v) is 2.50. The summed E-state index contributed by atoms with van der Waals surface area (Å²) in [5, 5.41) is 4.76. The maximum atomic E-state index is 12.4. The average molecular weight is 327 g/mol. The Labute approximate surface area is 137 Å². The van der Waals surface area contributed by atoms with Crippen LogP contribution in [0.4, 0.5) is 14.5 Å². The third-order valence-electron chi connectivity index (χ3n) is 3.56. The van der Waals surface area contributed by atoms with Gasteiger partial charge in [0.2, 0.25) is 5.91 Å². The molecule has 122 valence electrons. The van der Waals surface area contributed by atoms with Crippen molar-refractivity contribution in [3.05, 3.63) is 72.3 Å². The van der Waals surface area contributed by atoms with Crippen LogP contribution in [0.1, 0.15) is 5.56 Å². The van der Waals surface area contributed by atoms with Gasteiger partial charge in [-0.1, -0.05) is 54.6 Å². The number of ether oxygens (including phenoxy) is 1. The van der Waals surface area contributed by atoms with Gasteiger partial charge in [0.25, 0.3) is 0 Å². The third-order valence-corrected chi connectivity index (χ3v) is 3.56. The van der Waals surface area contributed by atoms with Gasteiger partial charge in [-0.3, -0.25) is 4.79 Å². The Morgan fingerprint density at radius 3 is 2.46 bits per heavy atom. The number of fused-ring (bicyclic) bond motifs is 1. The van der Waals surface area contributed by atoms with Gasteiger partial charge in [-0.15, -0.1) is 0 Å². The minimum Gasteiger partial charge on any atom is -0.433 e. The lowest BCUT2D eigenvalue weighted by atomic mass is 10.0. The summed E-state index contributed by atoms with van der Waals surface area (Å²) in [5.41, 5.74) is 1.07. The number of halogens is 2. The van der Waals surface area contributed by atoms with Gasteiger partial charge in [-0.2, -0.15) is 8.78 Å². The van der Waals surface area contributed by atoms with Gasteiger partial charge in [0.1, 0.15) is 5.75 Å². The summed E-state index contributed by atoms with van der Waals surface area (Å²) >= 11 is 0. The van der Waals surface area contributed by atoms with Crippen molar-refractivity contribution in [3.63, 3.8) is 0 Å². The van der Waals surface area contributed by atoms with Crippen LogP contribution in [0, 0.1) is 0 Å². The number of rotatable bonds is 5. The molecular formula is C19H15F2NO2. The van der Waals surface area contributed by atoms with Gasteiger partial charge in [0.05, 0.1) is 12.1 Å². The molecule has 0 aliphatic carbocycles. The van der Waals surface area contributed by atoms with E-state index in [0.29, 0.717) is 0 Å². The number of nitrogens with one attached hydrogen (secondary N) is 1. The second-order valence-electron chi connectivity index (χ2n) is 5.28. The van der Waals surface area contributed by atoms with Crippen molar-refractivity contribution in [1.82, 2.24) is 0 Å². The van der Waals surface area contributed by atoms with E-state index in [1.165, 1.54) is 12.1 Å². The van der Waals surface area contributed by atoms with Crippen LogP contribution in [0.2, 0.25) is 0 Å². The van der Waals surface area contributed by atoms with Gasteiger partial charge >= 0.3 is 6.61 Å². The Kier molecular flexibility index (Phi) is 4.70. The number of carbonyl (C=O) groups excluding carboxylic acids is 1. The van der Waals surface area contributed by atoms with Crippen LogP contribution in [0.3, 0.4) is 0 Å². The molecule has 0 saturated heterocycles. The molecule has 0 radical (unpaired) electrons. The van der Waals surface area contributed by atoms with E-state index >= 15 is 0 Å². The van der Waals surface area contributed by atoms with Crippen molar-refractivity contribution in [2.45, 2.75) is 13.0 Å². The van der Waals surface area contributed by atoms with Crippen LogP contribution in [-0.2, 0) is 11.2 Å². The standard InChI is InChI=1S/C19H15F2NO2/c20-19(21)24-17-8-4-3-7-16(17)22-18(23)12-13-9-10-14-5-1-2-6-15(14)11-13/h1-11,19H,12H2,(H,22,23). The lowest BCUT2D eigenvalue weighted by molar-refractivity contribution is -0.115. The van der Waals surface area contributed by atoms with Crippen LogP contribution >= 0.6 is 0 Å². The average Bonchev–Trinajstić information content (AvgIpc) is 2.56. The molecule has 3 aromatic carbocycles. The predicted octanol–water partition coefficient (Wildman–Crippen LogP) is 4.62. The molecule has 0 aliphatic heterocycles. The van der Waals surface area contributed by atoms with Crippen molar-refractivity contribution in [2.75, 3.05) is 5.32 Å². The summed E-state index contributed by atoms with van der Waals surface area (Å²) in [7, 11) is 0. The number of hydrogen-bond donors (Lipinski definition) is 1. The molecule has 3 aromatic rings. The molecule has 1 N–H and O–H groups in total. The number of benzene rings is 3. The van der Waals surface area contributed by atoms with Crippen molar-refractivity contribution in [2.24, 2.45) is 0 Å². The van der Waals surface area contributed by atoms with Gasteiger partial charge < -0.3 is 10.1 Å². The molecule has 0 aromatic heterocycles. The van der Waals surface area contributed by atoms with Gasteiger partial charge in [0, 0.05) is 0 Å². The van der Waals surface area contributed by atoms with Crippen molar-refractivity contribution >= 4 is 22.4 Å². The molecule has 3 nitrogen and oxygen atoms in total. The van der Waals surface area contributed by atoms with Crippen LogP contribution in [0.5, 0.6) is 5.75 Å². The van der Waals surface area contributed by atoms with E-state index in [-0.39, 0.29) is 23.8 Å². The maximum absolute atomic E-state index is 12.4. The summed E-state index contributed by atoms with van der Waals surface area (Å²) < 4.78 is 29.2. The lowest BCUT2D eigenvalue weighted by Gasteiger charge is -2.11. The minimum absolute atomic E-state index is 0.0561. The minimum atomic E-state index is -2.94. The van der Waals surface area contributed by atoms with E-state index < -0.39 is 6.61 Å². The Morgan fingerprint density at radius 1 is 0.958 bits per heavy atom. The lowest BCUT2D eigenvalue weighted by Crippen LogP contribution is -2.15. The predicted molar refractivity (Wildman–Crippen MR) is 89.4 cm³/mol. The molecule has 1 amide bonds. The first-order valence-corrected chi connectivity index (χ1v) is 7.43. The largest absolute Gasteiger partial charge is 0.433 e. The van der Waals surface area contributed by atoms with Crippen molar-refractivity contribution < 1.29 is 18.3 Å². The zero-order valence-corrected chi connectivity index (χ0v) is 12.7. The Hall–Kier alpha value is -2.95. The first-order chi connectivity index (χ1) is 11.6. The second kappa shape index (κ2) is 7.08. The number of anilines is 1. The fourth-order valence-electron chi connectivity index (χ4n) is 2.50. The summed E-state index contributed by atoms with van der Waals surface area (Å²) in [6.45, 7) is -2.94. The van der Waals surface area contributed by atoms with Gasteiger partial charge in [-0.25, -0.2) is 0 Å². The maximum Gasteiger partial charge on any atom is 0.387 e. The molecular weight excluding hydrogens is 312 g/mol. The van der Waals surface area contributed by atoms with E-state index in [4.69, 9.17) is 0 Å². The normalized spacial score (nSPS) is 10.8. The van der Waals surface area contributed by atoms with E-state index in [9.17, 15) is 13.6 Å². The van der Waals surface area contributed by atoms with E-state index in [1.807, 2.05) is 42.5 Å². The molecule has 0 saturated carbocycles. The smallest absolute Gasteiger partial charge is 0.387 e. The van der Waals surface area contributed by atoms with E-state index in [0.717, 1.165) is 16.3 Å². The number of para-hydroxylation sites is 2. The summed E-state index contributed by atoms with van der Waals surface area (Å²) in [4.78, 5) is 12.2. The van der Waals surface area contributed by atoms with Crippen LogP contribution in [0.25, 0.3) is 10.8 Å². The summed E-state index contributed by atoms with van der Waals surface area (Å²) in [6.07, 6.45) is 0.147. The van der Waals surface area contributed by atoms with E-state index in [1.54, 1.807) is 12.1 Å². The summed E-state index contributed by atoms with van der Waals surface area (Å²) in [5.74, 6) is -0.352. The van der Waals surface area contributed by atoms with Gasteiger partial charge in [0.15, 0.2) is 0 Å². The first kappa shape index (κ1) is 15.9. The zero-order chi connectivity index (χ0) is 16.9. The number of hydrogen-bond acceptors (Lipinski definition) is 2. The molecule has 0 heterocycles. The van der Waals surface area contributed by atoms with Crippen LogP contribution < -0.4 is 10.1 Å². The van der Waals surface area contributed by atoms with Crippen molar-refractivity contribution in [3.8, 4) is 5.75 Å². The number of amides is 1. The van der Waals surface area contributed by atoms with Crippen LogP contribution in [-0.4, -0.2) is 12.5 Å². The SMILES string of the molecule is O=C(Cc1ccc2ccccc2c1)Nc1ccccc1OC(F)F. The fraction of sp³-hybridized carbons (Fsp3) is 0.105. The topological polar surface area (TPSA) is 38.3 Å². The van der Waals surface area contributed by atoms with Gasteiger partial charge in [-0.05, 0) is 28.5 Å². The highest BCUT2D eigenvalue weighted by atomic mass is 19.3. The molecule has 0 spiro atoms. The van der Waals surface area contributed by atoms with E-state index in [2.05, 4.69) is 10.1 Å². The third kappa shape index (κ3) is 3.87. The number of alkyl halides is 2. The monoisotopic (exact) mass is 327 g/mol.